The standard InChI is InChI=1S/C21H16O2/c1-23-19-12-11-18(22)21-17(19)13-15-9-5-6-10-16(15)20(21)14-7-3-2-4-8-14/h2-13,22H,1H3. The van der Waals surface area contributed by atoms with E-state index in [0.717, 1.165) is 38.4 Å². The van der Waals surface area contributed by atoms with E-state index in [1.54, 1.807) is 19.2 Å². The van der Waals surface area contributed by atoms with Crippen LogP contribution in [0.4, 0.5) is 0 Å². The maximum Gasteiger partial charge on any atom is 0.127 e. The van der Waals surface area contributed by atoms with Crippen LogP contribution in [0.1, 0.15) is 0 Å². The van der Waals surface area contributed by atoms with Gasteiger partial charge in [0.05, 0.1) is 7.11 Å². The molecule has 0 spiro atoms. The van der Waals surface area contributed by atoms with Crippen molar-refractivity contribution in [1.82, 2.24) is 0 Å². The Labute approximate surface area is 134 Å². The van der Waals surface area contributed by atoms with E-state index in [1.807, 2.05) is 30.3 Å². The molecule has 23 heavy (non-hydrogen) atoms. The zero-order chi connectivity index (χ0) is 15.8. The Bertz CT molecular complexity index is 1000. The molecule has 0 fully saturated rings. The molecule has 1 N–H and O–H groups in total. The highest BCUT2D eigenvalue weighted by molar-refractivity contribution is 6.16. The number of hydrogen-bond acceptors (Lipinski definition) is 2. The molecule has 0 bridgehead atoms. The fourth-order valence-corrected chi connectivity index (χ4v) is 3.22. The molecular formula is C21H16O2. The molecule has 0 aromatic heterocycles. The van der Waals surface area contributed by atoms with Crippen molar-refractivity contribution in [2.24, 2.45) is 0 Å². The van der Waals surface area contributed by atoms with Crippen LogP contribution in [0.2, 0.25) is 0 Å². The van der Waals surface area contributed by atoms with Crippen molar-refractivity contribution in [3.63, 3.8) is 0 Å². The van der Waals surface area contributed by atoms with Gasteiger partial charge in [-0.1, -0.05) is 54.6 Å². The Hall–Kier alpha value is -3.00. The number of ether oxygens (including phenoxy) is 1. The van der Waals surface area contributed by atoms with E-state index in [2.05, 4.69) is 30.3 Å². The number of phenolic OH excluding ortho intramolecular Hbond substituents is 1. The molecule has 0 amide bonds. The highest BCUT2D eigenvalue weighted by atomic mass is 16.5. The summed E-state index contributed by atoms with van der Waals surface area (Å²) < 4.78 is 5.51. The molecule has 4 aromatic rings. The zero-order valence-corrected chi connectivity index (χ0v) is 12.8. The average molecular weight is 300 g/mol. The molecule has 2 nitrogen and oxygen atoms in total. The molecule has 0 unspecified atom stereocenters. The summed E-state index contributed by atoms with van der Waals surface area (Å²) in [6.07, 6.45) is 0. The van der Waals surface area contributed by atoms with Gasteiger partial charge in [-0.25, -0.2) is 0 Å². The van der Waals surface area contributed by atoms with Gasteiger partial charge in [-0.2, -0.15) is 0 Å². The van der Waals surface area contributed by atoms with Crippen molar-refractivity contribution in [3.05, 3.63) is 72.8 Å². The van der Waals surface area contributed by atoms with Gasteiger partial charge in [-0.15, -0.1) is 0 Å². The first-order valence-corrected chi connectivity index (χ1v) is 7.56. The smallest absolute Gasteiger partial charge is 0.127 e. The Morgan fingerprint density at radius 2 is 1.52 bits per heavy atom. The van der Waals surface area contributed by atoms with Gasteiger partial charge in [0.25, 0.3) is 0 Å². The second-order valence-corrected chi connectivity index (χ2v) is 5.55. The molecule has 0 heterocycles. The molecule has 4 aromatic carbocycles. The molecule has 0 aliphatic carbocycles. The van der Waals surface area contributed by atoms with Crippen LogP contribution in [0.15, 0.2) is 72.8 Å². The summed E-state index contributed by atoms with van der Waals surface area (Å²) in [7, 11) is 1.66. The van der Waals surface area contributed by atoms with E-state index in [1.165, 1.54) is 0 Å². The predicted octanol–water partition coefficient (Wildman–Crippen LogP) is 5.37. The van der Waals surface area contributed by atoms with Crippen molar-refractivity contribution in [2.45, 2.75) is 0 Å². The summed E-state index contributed by atoms with van der Waals surface area (Å²) in [6.45, 7) is 0. The number of aromatic hydroxyl groups is 1. The van der Waals surface area contributed by atoms with E-state index < -0.39 is 0 Å². The van der Waals surface area contributed by atoms with Crippen molar-refractivity contribution >= 4 is 21.5 Å². The van der Waals surface area contributed by atoms with E-state index in [9.17, 15) is 5.11 Å². The zero-order valence-electron chi connectivity index (χ0n) is 12.8. The predicted molar refractivity (Wildman–Crippen MR) is 95.1 cm³/mol. The first-order chi connectivity index (χ1) is 11.3. The van der Waals surface area contributed by atoms with Crippen LogP contribution in [0.3, 0.4) is 0 Å². The third kappa shape index (κ3) is 2.11. The summed E-state index contributed by atoms with van der Waals surface area (Å²) in [5, 5.41) is 14.5. The summed E-state index contributed by atoms with van der Waals surface area (Å²) in [5.41, 5.74) is 2.12. The van der Waals surface area contributed by atoms with Crippen LogP contribution in [0.25, 0.3) is 32.7 Å². The fourth-order valence-electron chi connectivity index (χ4n) is 3.22. The van der Waals surface area contributed by atoms with Crippen LogP contribution in [0, 0.1) is 0 Å². The van der Waals surface area contributed by atoms with E-state index in [0.29, 0.717) is 0 Å². The number of rotatable bonds is 2. The summed E-state index contributed by atoms with van der Waals surface area (Å²) in [6, 6.07) is 24.0. The highest BCUT2D eigenvalue weighted by Gasteiger charge is 2.15. The van der Waals surface area contributed by atoms with Gasteiger partial charge in [-0.3, -0.25) is 0 Å². The second kappa shape index (κ2) is 5.33. The lowest BCUT2D eigenvalue weighted by atomic mass is 9.91. The molecule has 0 saturated carbocycles. The maximum absolute atomic E-state index is 10.5. The molecule has 0 saturated heterocycles. The van der Waals surface area contributed by atoms with Crippen molar-refractivity contribution in [3.8, 4) is 22.6 Å². The second-order valence-electron chi connectivity index (χ2n) is 5.55. The summed E-state index contributed by atoms with van der Waals surface area (Å²) >= 11 is 0. The van der Waals surface area contributed by atoms with Crippen molar-refractivity contribution < 1.29 is 9.84 Å². The first-order valence-electron chi connectivity index (χ1n) is 7.56. The monoisotopic (exact) mass is 300 g/mol. The molecule has 0 radical (unpaired) electrons. The minimum Gasteiger partial charge on any atom is -0.507 e. The van der Waals surface area contributed by atoms with Gasteiger partial charge in [-0.05, 0) is 34.5 Å². The lowest BCUT2D eigenvalue weighted by molar-refractivity contribution is 0.418. The number of fused-ring (bicyclic) bond motifs is 2. The van der Waals surface area contributed by atoms with Gasteiger partial charge in [0.2, 0.25) is 0 Å². The Balaban J connectivity index is 2.27. The van der Waals surface area contributed by atoms with Crippen molar-refractivity contribution in [2.75, 3.05) is 7.11 Å². The molecule has 0 atom stereocenters. The summed E-state index contributed by atoms with van der Waals surface area (Å²) in [5.74, 6) is 1.03. The Kier molecular flexibility index (Phi) is 3.16. The van der Waals surface area contributed by atoms with Crippen LogP contribution < -0.4 is 4.74 Å². The fraction of sp³-hybridized carbons (Fsp3) is 0.0476. The molecule has 0 aliphatic heterocycles. The van der Waals surface area contributed by atoms with Crippen LogP contribution >= 0.6 is 0 Å². The van der Waals surface area contributed by atoms with Crippen molar-refractivity contribution in [1.29, 1.82) is 0 Å². The van der Waals surface area contributed by atoms with Crippen LogP contribution in [0.5, 0.6) is 11.5 Å². The van der Waals surface area contributed by atoms with Gasteiger partial charge < -0.3 is 9.84 Å². The van der Waals surface area contributed by atoms with Gasteiger partial charge in [0, 0.05) is 16.3 Å². The highest BCUT2D eigenvalue weighted by Crippen LogP contribution is 2.43. The molecule has 112 valence electrons. The summed E-state index contributed by atoms with van der Waals surface area (Å²) in [4.78, 5) is 0. The Morgan fingerprint density at radius 3 is 2.30 bits per heavy atom. The first kappa shape index (κ1) is 13.6. The molecule has 4 rings (SSSR count). The lowest BCUT2D eigenvalue weighted by Crippen LogP contribution is -1.90. The van der Waals surface area contributed by atoms with Gasteiger partial charge in [0.15, 0.2) is 0 Å². The van der Waals surface area contributed by atoms with Crippen LogP contribution in [-0.4, -0.2) is 12.2 Å². The maximum atomic E-state index is 10.5. The molecule has 0 aliphatic rings. The van der Waals surface area contributed by atoms with Crippen LogP contribution in [-0.2, 0) is 0 Å². The minimum absolute atomic E-state index is 0.269. The lowest BCUT2D eigenvalue weighted by Gasteiger charge is -2.15. The third-order valence-corrected chi connectivity index (χ3v) is 4.25. The van der Waals surface area contributed by atoms with E-state index in [-0.39, 0.29) is 5.75 Å². The topological polar surface area (TPSA) is 29.5 Å². The number of hydrogen-bond donors (Lipinski definition) is 1. The minimum atomic E-state index is 0.269. The van der Waals surface area contributed by atoms with Gasteiger partial charge >= 0.3 is 0 Å². The Morgan fingerprint density at radius 1 is 0.783 bits per heavy atom. The third-order valence-electron chi connectivity index (χ3n) is 4.25. The number of methoxy groups -OCH3 is 1. The average Bonchev–Trinajstić information content (AvgIpc) is 2.61. The number of phenols is 1. The molecular weight excluding hydrogens is 284 g/mol. The number of benzene rings is 4. The van der Waals surface area contributed by atoms with E-state index >= 15 is 0 Å². The largest absolute Gasteiger partial charge is 0.507 e. The van der Waals surface area contributed by atoms with Gasteiger partial charge in [0.1, 0.15) is 11.5 Å². The molecule has 2 heteroatoms. The normalized spacial score (nSPS) is 11.0. The van der Waals surface area contributed by atoms with E-state index in [4.69, 9.17) is 4.74 Å². The quantitative estimate of drug-likeness (QED) is 0.504. The SMILES string of the molecule is COc1ccc(O)c2c(-c3ccccc3)c3ccccc3cc12.